The van der Waals surface area contributed by atoms with E-state index >= 15 is 0 Å². The zero-order chi connectivity index (χ0) is 27.3. The number of benzene rings is 1. The predicted octanol–water partition coefficient (Wildman–Crippen LogP) is 3.99. The number of anilines is 1. The molecule has 0 unspecified atom stereocenters. The summed E-state index contributed by atoms with van der Waals surface area (Å²) in [6.45, 7) is -10.1. The van der Waals surface area contributed by atoms with Gasteiger partial charge in [-0.3, -0.25) is 4.90 Å². The van der Waals surface area contributed by atoms with Gasteiger partial charge in [-0.15, -0.1) is 0 Å². The van der Waals surface area contributed by atoms with Gasteiger partial charge in [0.25, 0.3) is 0 Å². The summed E-state index contributed by atoms with van der Waals surface area (Å²) in [5.41, 5.74) is 0.443. The number of aryl methyl sites for hydroxylation is 1. The highest BCUT2D eigenvalue weighted by Crippen LogP contribution is 2.30. The van der Waals surface area contributed by atoms with Crippen molar-refractivity contribution in [2.45, 2.75) is 45.1 Å². The van der Waals surface area contributed by atoms with Gasteiger partial charge in [0.2, 0.25) is 0 Å². The standard InChI is InChI=1S/C22H35ClN4O/c1-17-5-4-6-20(21(17)23)27-15-13-26(14-16-27)12-11-18-7-9-19(10-8-18)24-22(28)25(2)3/h4-6,18-19H,7-16H2,1-3H3,(H,24,28)/i13D2,14D2,15D2,16D2. The van der Waals surface area contributed by atoms with Crippen molar-refractivity contribution in [1.82, 2.24) is 15.1 Å². The van der Waals surface area contributed by atoms with Crippen LogP contribution in [0.4, 0.5) is 10.5 Å². The minimum absolute atomic E-state index is 0.0416. The molecule has 3 rings (SSSR count). The van der Waals surface area contributed by atoms with Crippen molar-refractivity contribution in [3.63, 3.8) is 0 Å². The molecule has 0 atom stereocenters. The Kier molecular flexibility index (Phi) is 4.56. The lowest BCUT2D eigenvalue weighted by Crippen LogP contribution is -2.47. The van der Waals surface area contributed by atoms with Gasteiger partial charge in [-0.25, -0.2) is 4.79 Å². The Bertz CT molecular complexity index is 941. The van der Waals surface area contributed by atoms with E-state index < -0.39 is 26.0 Å². The first kappa shape index (κ1) is 13.0. The zero-order valence-electron chi connectivity index (χ0n) is 24.8. The smallest absolute Gasteiger partial charge is 0.317 e. The van der Waals surface area contributed by atoms with Gasteiger partial charge in [0.1, 0.15) is 0 Å². The molecule has 1 aliphatic carbocycles. The number of hydrogen-bond donors (Lipinski definition) is 1. The molecule has 5 nitrogen and oxygen atoms in total. The van der Waals surface area contributed by atoms with Crippen molar-refractivity contribution in [2.75, 3.05) is 51.5 Å². The number of rotatable bonds is 5. The largest absolute Gasteiger partial charge is 0.368 e. The maximum Gasteiger partial charge on any atom is 0.317 e. The number of piperazine rings is 1. The molecular weight excluding hydrogens is 372 g/mol. The molecule has 2 aliphatic rings. The Morgan fingerprint density at radius 2 is 1.89 bits per heavy atom. The molecule has 2 amide bonds. The molecular formula is C22H35ClN4O. The lowest BCUT2D eigenvalue weighted by atomic mass is 9.84. The topological polar surface area (TPSA) is 38.8 Å². The summed E-state index contributed by atoms with van der Waals surface area (Å²) in [6, 6.07) is 4.48. The molecule has 0 bridgehead atoms. The van der Waals surface area contributed by atoms with Crippen LogP contribution >= 0.6 is 11.6 Å². The van der Waals surface area contributed by atoms with Crippen molar-refractivity contribution in [3.05, 3.63) is 28.8 Å². The number of nitrogens with zero attached hydrogens (tertiary/aromatic N) is 3. The van der Waals surface area contributed by atoms with Crippen molar-refractivity contribution in [3.8, 4) is 0 Å². The number of halogens is 1. The highest BCUT2D eigenvalue weighted by atomic mass is 35.5. The number of carbonyl (C=O) groups is 1. The summed E-state index contributed by atoms with van der Waals surface area (Å²) in [6.07, 6.45) is 3.37. The number of nitrogens with one attached hydrogen (secondary N) is 1. The normalized spacial score (nSPS) is 34.9. The minimum Gasteiger partial charge on any atom is -0.368 e. The van der Waals surface area contributed by atoms with Crippen LogP contribution in [0.1, 0.15) is 48.6 Å². The van der Waals surface area contributed by atoms with Crippen molar-refractivity contribution < 1.29 is 15.8 Å². The monoisotopic (exact) mass is 414 g/mol. The summed E-state index contributed by atoms with van der Waals surface area (Å²) >= 11 is 6.36. The SMILES string of the molecule is [2H]C1([2H])N(CCC2CCC(NC(=O)N(C)C)CC2)C([2H])([2H])C([2H])([2H])N(c2cccc(C)c2Cl)C1([2H])[2H]. The van der Waals surface area contributed by atoms with Crippen LogP contribution in [0.3, 0.4) is 0 Å². The first-order valence-electron chi connectivity index (χ1n) is 13.8. The molecule has 1 N–H and O–H groups in total. The van der Waals surface area contributed by atoms with E-state index in [0.29, 0.717) is 21.8 Å². The lowest BCUT2D eigenvalue weighted by molar-refractivity contribution is 0.194. The van der Waals surface area contributed by atoms with Crippen LogP contribution in [-0.4, -0.2) is 68.5 Å². The first-order chi connectivity index (χ1) is 16.5. The van der Waals surface area contributed by atoms with Crippen molar-refractivity contribution in [1.29, 1.82) is 0 Å². The Balaban J connectivity index is 1.81. The van der Waals surface area contributed by atoms with Gasteiger partial charge >= 0.3 is 6.03 Å². The Morgan fingerprint density at radius 3 is 2.54 bits per heavy atom. The molecule has 1 heterocycles. The molecule has 1 aromatic rings. The van der Waals surface area contributed by atoms with E-state index in [1.165, 1.54) is 11.0 Å². The fourth-order valence-electron chi connectivity index (χ4n) is 3.52. The molecule has 0 aromatic heterocycles. The van der Waals surface area contributed by atoms with Crippen molar-refractivity contribution >= 4 is 23.3 Å². The second-order valence-corrected chi connectivity index (χ2v) is 8.07. The van der Waals surface area contributed by atoms with Crippen LogP contribution in [0, 0.1) is 12.8 Å². The molecule has 1 aromatic carbocycles. The van der Waals surface area contributed by atoms with Crippen LogP contribution in [0.5, 0.6) is 0 Å². The lowest BCUT2D eigenvalue weighted by Gasteiger charge is -2.37. The third-order valence-corrected chi connectivity index (χ3v) is 5.84. The molecule has 2 fully saturated rings. The van der Waals surface area contributed by atoms with E-state index in [4.69, 9.17) is 22.6 Å². The second kappa shape index (κ2) is 9.84. The second-order valence-electron chi connectivity index (χ2n) is 7.69. The van der Waals surface area contributed by atoms with Gasteiger partial charge in [0, 0.05) is 51.6 Å². The van der Waals surface area contributed by atoms with Gasteiger partial charge in [-0.05, 0) is 63.1 Å². The first-order valence-corrected chi connectivity index (χ1v) is 10.1. The number of amides is 2. The van der Waals surface area contributed by atoms with E-state index in [1.54, 1.807) is 33.2 Å². The summed E-state index contributed by atoms with van der Waals surface area (Å²) in [7, 11) is 3.35. The highest BCUT2D eigenvalue weighted by Gasteiger charge is 2.24. The van der Waals surface area contributed by atoms with Crippen LogP contribution in [0.2, 0.25) is 5.02 Å². The third kappa shape index (κ3) is 5.54. The molecule has 0 radical (unpaired) electrons. The van der Waals surface area contributed by atoms with E-state index in [2.05, 4.69) is 5.32 Å². The van der Waals surface area contributed by atoms with Crippen molar-refractivity contribution in [2.24, 2.45) is 5.92 Å². The average molecular weight is 415 g/mol. The Morgan fingerprint density at radius 1 is 1.21 bits per heavy atom. The van der Waals surface area contributed by atoms with E-state index in [9.17, 15) is 4.79 Å². The highest BCUT2D eigenvalue weighted by molar-refractivity contribution is 6.34. The molecule has 156 valence electrons. The Labute approximate surface area is 186 Å². The minimum atomic E-state index is -2.94. The molecule has 0 spiro atoms. The fourth-order valence-corrected chi connectivity index (χ4v) is 3.73. The number of carbonyl (C=O) groups excluding carboxylic acids is 1. The average Bonchev–Trinajstić information content (AvgIpc) is 2.76. The molecule has 1 aliphatic heterocycles. The van der Waals surface area contributed by atoms with Gasteiger partial charge in [0.05, 0.1) is 16.2 Å². The zero-order valence-corrected chi connectivity index (χ0v) is 17.5. The number of hydrogen-bond acceptors (Lipinski definition) is 3. The summed E-state index contributed by atoms with van der Waals surface area (Å²) in [4.78, 5) is 14.6. The Hall–Kier alpha value is -1.46. The van der Waals surface area contributed by atoms with Gasteiger partial charge in [0.15, 0.2) is 0 Å². The van der Waals surface area contributed by atoms with Gasteiger partial charge in [-0.2, -0.15) is 0 Å². The van der Waals surface area contributed by atoms with Crippen LogP contribution in [0.15, 0.2) is 18.2 Å². The van der Waals surface area contributed by atoms with E-state index in [0.717, 1.165) is 25.7 Å². The van der Waals surface area contributed by atoms with Gasteiger partial charge in [-0.1, -0.05) is 23.7 Å². The maximum absolute atomic E-state index is 11.9. The molecule has 6 heteroatoms. The summed E-state index contributed by atoms with van der Waals surface area (Å²) in [5.74, 6) is 0.130. The van der Waals surface area contributed by atoms with Gasteiger partial charge < -0.3 is 15.1 Å². The molecule has 1 saturated heterocycles. The van der Waals surface area contributed by atoms with Crippen LogP contribution < -0.4 is 10.2 Å². The summed E-state index contributed by atoms with van der Waals surface area (Å²) < 4.78 is 69.3. The van der Waals surface area contributed by atoms with Crippen LogP contribution in [0.25, 0.3) is 0 Å². The molecule has 1 saturated carbocycles. The van der Waals surface area contributed by atoms with E-state index in [-0.39, 0.29) is 35.2 Å². The molecule has 28 heavy (non-hydrogen) atoms. The maximum atomic E-state index is 11.9. The van der Waals surface area contributed by atoms with Crippen LogP contribution in [-0.2, 0) is 0 Å². The quantitative estimate of drug-likeness (QED) is 0.791. The number of urea groups is 1. The summed E-state index contributed by atoms with van der Waals surface area (Å²) in [5, 5.41) is 3.01. The third-order valence-electron chi connectivity index (χ3n) is 5.35. The predicted molar refractivity (Wildman–Crippen MR) is 117 cm³/mol. The van der Waals surface area contributed by atoms with E-state index in [1.807, 2.05) is 0 Å². The fraction of sp³-hybridized carbons (Fsp3) is 0.682.